The van der Waals surface area contributed by atoms with Crippen LogP contribution in [-0.2, 0) is 19.4 Å². The molecule has 1 amide bonds. The zero-order valence-corrected chi connectivity index (χ0v) is 15.5. The molecule has 3 N–H and O–H groups in total. The predicted octanol–water partition coefficient (Wildman–Crippen LogP) is 3.08. The molecule has 0 unspecified atom stereocenters. The van der Waals surface area contributed by atoms with Crippen molar-refractivity contribution in [1.82, 2.24) is 15.6 Å². The second-order valence-corrected chi connectivity index (χ2v) is 7.53. The molecule has 1 atom stereocenters. The molecule has 0 spiro atoms. The first-order valence-electron chi connectivity index (χ1n) is 9.73. The molecule has 2 aromatic carbocycles. The van der Waals surface area contributed by atoms with E-state index in [9.17, 15) is 9.18 Å². The third-order valence-corrected chi connectivity index (χ3v) is 5.70. The van der Waals surface area contributed by atoms with Crippen molar-refractivity contribution in [2.45, 2.75) is 31.8 Å². The monoisotopic (exact) mass is 379 g/mol. The van der Waals surface area contributed by atoms with Gasteiger partial charge in [0.15, 0.2) is 0 Å². The quantitative estimate of drug-likeness (QED) is 0.597. The number of H-pyrrole nitrogens is 1. The van der Waals surface area contributed by atoms with Crippen LogP contribution in [0.25, 0.3) is 10.9 Å². The summed E-state index contributed by atoms with van der Waals surface area (Å²) in [6.07, 6.45) is 4.58. The number of aryl methyl sites for hydroxylation is 1. The number of fused-ring (bicyclic) bond motifs is 4. The number of carbonyl (C=O) groups excluding carboxylic acids is 1. The maximum absolute atomic E-state index is 13.5. The average Bonchev–Trinajstić information content (AvgIpc) is 3.28. The van der Waals surface area contributed by atoms with Gasteiger partial charge in [-0.1, -0.05) is 6.07 Å². The second-order valence-electron chi connectivity index (χ2n) is 7.53. The molecule has 1 aromatic heterocycles. The molecule has 0 saturated heterocycles. The molecule has 0 radical (unpaired) electrons. The molecule has 0 saturated carbocycles. The Hall–Kier alpha value is -2.86. The summed E-state index contributed by atoms with van der Waals surface area (Å²) >= 11 is 0. The molecule has 0 aliphatic carbocycles. The first-order chi connectivity index (χ1) is 13.7. The van der Waals surface area contributed by atoms with Crippen molar-refractivity contribution in [3.8, 4) is 5.75 Å². The third kappa shape index (κ3) is 3.03. The summed E-state index contributed by atoms with van der Waals surface area (Å²) in [5.41, 5.74) is 4.97. The first kappa shape index (κ1) is 17.3. The highest BCUT2D eigenvalue weighted by atomic mass is 19.1. The number of ether oxygens (including phenoxy) is 1. The molecule has 3 aromatic rings. The first-order valence-corrected chi connectivity index (χ1v) is 9.73. The van der Waals surface area contributed by atoms with Crippen molar-refractivity contribution in [1.29, 1.82) is 0 Å². The minimum absolute atomic E-state index is 0.00247. The van der Waals surface area contributed by atoms with E-state index in [1.807, 2.05) is 18.3 Å². The van der Waals surface area contributed by atoms with Gasteiger partial charge in [0.25, 0.3) is 5.91 Å². The number of benzene rings is 2. The van der Waals surface area contributed by atoms with Crippen molar-refractivity contribution in [2.24, 2.45) is 0 Å². The number of rotatable bonds is 5. The number of halogens is 1. The fraction of sp³-hybridized carbons (Fsp3) is 0.318. The number of aromatic amines is 1. The summed E-state index contributed by atoms with van der Waals surface area (Å²) in [6.45, 7) is 2.04. The van der Waals surface area contributed by atoms with Crippen molar-refractivity contribution >= 4 is 16.8 Å². The normalized spacial score (nSPS) is 17.9. The van der Waals surface area contributed by atoms with E-state index in [1.165, 1.54) is 6.07 Å². The number of hydrogen-bond acceptors (Lipinski definition) is 3. The number of aromatic nitrogens is 1. The molecule has 3 heterocycles. The van der Waals surface area contributed by atoms with Crippen LogP contribution in [0, 0.1) is 5.82 Å². The Kier molecular flexibility index (Phi) is 4.28. The van der Waals surface area contributed by atoms with Gasteiger partial charge in [0.2, 0.25) is 0 Å². The van der Waals surface area contributed by atoms with Crippen LogP contribution in [0.5, 0.6) is 5.75 Å². The third-order valence-electron chi connectivity index (χ3n) is 5.70. The van der Waals surface area contributed by atoms with E-state index in [2.05, 4.69) is 15.6 Å². The predicted molar refractivity (Wildman–Crippen MR) is 105 cm³/mol. The number of carbonyl (C=O) groups is 1. The lowest BCUT2D eigenvalue weighted by Gasteiger charge is -2.27. The largest absolute Gasteiger partial charge is 0.492 e. The SMILES string of the molecule is O=C1NCc2ccc3c(c21)C[C@@H](NCCCc1c[nH]c2ccc(F)cc12)CO3. The van der Waals surface area contributed by atoms with Crippen molar-refractivity contribution in [3.05, 3.63) is 64.6 Å². The molecule has 5 rings (SSSR count). The summed E-state index contributed by atoms with van der Waals surface area (Å²) in [5, 5.41) is 7.40. The summed E-state index contributed by atoms with van der Waals surface area (Å²) in [6, 6.07) is 8.98. The van der Waals surface area contributed by atoms with E-state index in [0.29, 0.717) is 13.2 Å². The minimum atomic E-state index is -0.207. The molecule has 144 valence electrons. The van der Waals surface area contributed by atoms with Gasteiger partial charge in [0.1, 0.15) is 18.2 Å². The molecule has 2 aliphatic heterocycles. The van der Waals surface area contributed by atoms with Crippen LogP contribution in [0.15, 0.2) is 36.5 Å². The van der Waals surface area contributed by atoms with Gasteiger partial charge in [-0.15, -0.1) is 0 Å². The van der Waals surface area contributed by atoms with Crippen molar-refractivity contribution in [3.63, 3.8) is 0 Å². The second kappa shape index (κ2) is 6.95. The molecule has 6 heteroatoms. The average molecular weight is 379 g/mol. The molecule has 0 bridgehead atoms. The van der Waals surface area contributed by atoms with Crippen LogP contribution in [0.3, 0.4) is 0 Å². The highest BCUT2D eigenvalue weighted by Crippen LogP contribution is 2.32. The Labute approximate surface area is 162 Å². The van der Waals surface area contributed by atoms with E-state index in [0.717, 1.165) is 64.7 Å². The zero-order valence-electron chi connectivity index (χ0n) is 15.5. The van der Waals surface area contributed by atoms with Gasteiger partial charge in [0, 0.05) is 35.2 Å². The van der Waals surface area contributed by atoms with Crippen molar-refractivity contribution in [2.75, 3.05) is 13.2 Å². The summed E-state index contributed by atoms with van der Waals surface area (Å²) in [7, 11) is 0. The van der Waals surface area contributed by atoms with Crippen molar-refractivity contribution < 1.29 is 13.9 Å². The van der Waals surface area contributed by atoms with Crippen LogP contribution >= 0.6 is 0 Å². The molecular weight excluding hydrogens is 357 g/mol. The number of amides is 1. The lowest BCUT2D eigenvalue weighted by atomic mass is 9.94. The zero-order chi connectivity index (χ0) is 19.1. The minimum Gasteiger partial charge on any atom is -0.492 e. The Morgan fingerprint density at radius 1 is 1.25 bits per heavy atom. The molecular formula is C22H22FN3O2. The Bertz CT molecular complexity index is 1060. The van der Waals surface area contributed by atoms with E-state index in [-0.39, 0.29) is 17.8 Å². The smallest absolute Gasteiger partial charge is 0.252 e. The molecule has 2 aliphatic rings. The Balaban J connectivity index is 1.20. The fourth-order valence-corrected chi connectivity index (χ4v) is 4.28. The maximum atomic E-state index is 13.5. The molecule has 28 heavy (non-hydrogen) atoms. The highest BCUT2D eigenvalue weighted by molar-refractivity contribution is 6.00. The Morgan fingerprint density at radius 2 is 2.18 bits per heavy atom. The van der Waals surface area contributed by atoms with Gasteiger partial charge >= 0.3 is 0 Å². The molecule has 0 fully saturated rings. The van der Waals surface area contributed by atoms with Crippen LogP contribution in [0.2, 0.25) is 0 Å². The van der Waals surface area contributed by atoms with E-state index >= 15 is 0 Å². The van der Waals surface area contributed by atoms with Gasteiger partial charge < -0.3 is 20.4 Å². The fourth-order valence-electron chi connectivity index (χ4n) is 4.28. The van der Waals surface area contributed by atoms with Gasteiger partial charge in [-0.05, 0) is 61.2 Å². The van der Waals surface area contributed by atoms with Gasteiger partial charge in [0.05, 0.1) is 5.56 Å². The van der Waals surface area contributed by atoms with Gasteiger partial charge in [-0.25, -0.2) is 4.39 Å². The molecule has 5 nitrogen and oxygen atoms in total. The van der Waals surface area contributed by atoms with Crippen LogP contribution < -0.4 is 15.4 Å². The van der Waals surface area contributed by atoms with E-state index < -0.39 is 0 Å². The standard InChI is InChI=1S/C22H22FN3O2/c23-15-4-5-19-17(8-15)13(10-25-19)2-1-7-24-16-9-18-20(28-12-16)6-3-14-11-26-22(27)21(14)18/h3-6,8,10,16,24-25H,1-2,7,9,11-12H2,(H,26,27)/t16-/m1/s1. The van der Waals surface area contributed by atoms with E-state index in [1.54, 1.807) is 12.1 Å². The number of nitrogens with one attached hydrogen (secondary N) is 3. The van der Waals surface area contributed by atoms with Crippen LogP contribution in [0.4, 0.5) is 4.39 Å². The van der Waals surface area contributed by atoms with Gasteiger partial charge in [-0.3, -0.25) is 4.79 Å². The Morgan fingerprint density at radius 3 is 3.11 bits per heavy atom. The van der Waals surface area contributed by atoms with E-state index in [4.69, 9.17) is 4.74 Å². The number of hydrogen-bond donors (Lipinski definition) is 3. The lowest BCUT2D eigenvalue weighted by molar-refractivity contribution is 0.0963. The summed E-state index contributed by atoms with van der Waals surface area (Å²) in [5.74, 6) is 0.624. The summed E-state index contributed by atoms with van der Waals surface area (Å²) in [4.78, 5) is 15.3. The van der Waals surface area contributed by atoms with Crippen LogP contribution in [-0.4, -0.2) is 30.1 Å². The maximum Gasteiger partial charge on any atom is 0.252 e. The van der Waals surface area contributed by atoms with Crippen LogP contribution in [0.1, 0.15) is 33.5 Å². The summed E-state index contributed by atoms with van der Waals surface area (Å²) < 4.78 is 19.4. The highest BCUT2D eigenvalue weighted by Gasteiger charge is 2.29. The topological polar surface area (TPSA) is 66.2 Å². The van der Waals surface area contributed by atoms with Gasteiger partial charge in [-0.2, -0.15) is 0 Å². The lowest BCUT2D eigenvalue weighted by Crippen LogP contribution is -2.40.